The Kier molecular flexibility index (Phi) is 13.2. The first-order valence-corrected chi connectivity index (χ1v) is 6.30. The van der Waals surface area contributed by atoms with Crippen molar-refractivity contribution in [1.82, 2.24) is 0 Å². The SMILES string of the molecule is COC(C=CCCOCCC=CC(OC)OC)OC. The number of hydrogen-bond acceptors (Lipinski definition) is 5. The lowest BCUT2D eigenvalue weighted by molar-refractivity contribution is -0.0669. The number of methoxy groups -OCH3 is 4. The fourth-order valence-corrected chi connectivity index (χ4v) is 1.33. The molecule has 0 atom stereocenters. The molecule has 0 aromatic heterocycles. The zero-order valence-electron chi connectivity index (χ0n) is 12.3. The fourth-order valence-electron chi connectivity index (χ4n) is 1.33. The van der Waals surface area contributed by atoms with E-state index in [4.69, 9.17) is 23.7 Å². The average Bonchev–Trinajstić information content (AvgIpc) is 2.45. The van der Waals surface area contributed by atoms with Crippen LogP contribution in [0, 0.1) is 0 Å². The highest BCUT2D eigenvalue weighted by Gasteiger charge is 1.97. The van der Waals surface area contributed by atoms with Crippen LogP contribution in [-0.4, -0.2) is 54.2 Å². The van der Waals surface area contributed by atoms with E-state index in [1.54, 1.807) is 28.4 Å². The molecule has 0 heterocycles. The first kappa shape index (κ1) is 18.3. The van der Waals surface area contributed by atoms with E-state index in [0.717, 1.165) is 12.8 Å². The van der Waals surface area contributed by atoms with Gasteiger partial charge in [-0.3, -0.25) is 0 Å². The molecule has 5 nitrogen and oxygen atoms in total. The van der Waals surface area contributed by atoms with Crippen molar-refractivity contribution in [3.63, 3.8) is 0 Å². The summed E-state index contributed by atoms with van der Waals surface area (Å²) in [5.41, 5.74) is 0. The summed E-state index contributed by atoms with van der Waals surface area (Å²) in [5, 5.41) is 0. The van der Waals surface area contributed by atoms with Crippen LogP contribution in [0.3, 0.4) is 0 Å². The van der Waals surface area contributed by atoms with Gasteiger partial charge in [-0.2, -0.15) is 0 Å². The third-order valence-corrected chi connectivity index (χ3v) is 2.37. The van der Waals surface area contributed by atoms with Crippen molar-refractivity contribution in [1.29, 1.82) is 0 Å². The normalized spacial score (nSPS) is 12.5. The van der Waals surface area contributed by atoms with Gasteiger partial charge in [0.2, 0.25) is 0 Å². The van der Waals surface area contributed by atoms with Gasteiger partial charge in [-0.25, -0.2) is 0 Å². The maximum Gasteiger partial charge on any atom is 0.176 e. The zero-order chi connectivity index (χ0) is 14.3. The Labute approximate surface area is 116 Å². The summed E-state index contributed by atoms with van der Waals surface area (Å²) in [5.74, 6) is 0. The second kappa shape index (κ2) is 13.7. The van der Waals surface area contributed by atoms with Gasteiger partial charge >= 0.3 is 0 Å². The number of hydrogen-bond donors (Lipinski definition) is 0. The Morgan fingerprint density at radius 1 is 0.684 bits per heavy atom. The summed E-state index contributed by atoms with van der Waals surface area (Å²) in [6.07, 6.45) is 8.83. The molecule has 0 aromatic rings. The molecule has 0 amide bonds. The van der Waals surface area contributed by atoms with E-state index in [0.29, 0.717) is 13.2 Å². The lowest BCUT2D eigenvalue weighted by Crippen LogP contribution is -2.09. The molecular weight excluding hydrogens is 248 g/mol. The molecule has 0 unspecified atom stereocenters. The highest BCUT2D eigenvalue weighted by molar-refractivity contribution is 4.86. The lowest BCUT2D eigenvalue weighted by atomic mass is 10.3. The molecule has 0 aromatic carbocycles. The predicted octanol–water partition coefficient (Wildman–Crippen LogP) is 2.13. The molecule has 0 aliphatic rings. The van der Waals surface area contributed by atoms with Crippen LogP contribution in [0.2, 0.25) is 0 Å². The first-order chi connectivity index (χ1) is 9.28. The molecule has 0 N–H and O–H groups in total. The van der Waals surface area contributed by atoms with E-state index in [-0.39, 0.29) is 12.6 Å². The largest absolute Gasteiger partial charge is 0.381 e. The van der Waals surface area contributed by atoms with Crippen molar-refractivity contribution >= 4 is 0 Å². The Balaban J connectivity index is 3.45. The second-order valence-electron chi connectivity index (χ2n) is 3.73. The molecule has 5 heteroatoms. The molecule has 0 saturated carbocycles. The molecule has 0 fully saturated rings. The van der Waals surface area contributed by atoms with Crippen LogP contribution >= 0.6 is 0 Å². The maximum absolute atomic E-state index is 5.47. The molecule has 0 aliphatic heterocycles. The van der Waals surface area contributed by atoms with E-state index >= 15 is 0 Å². The minimum atomic E-state index is -0.275. The van der Waals surface area contributed by atoms with Crippen molar-refractivity contribution in [2.75, 3.05) is 41.7 Å². The number of ether oxygens (including phenoxy) is 5. The van der Waals surface area contributed by atoms with Gasteiger partial charge in [0.1, 0.15) is 0 Å². The van der Waals surface area contributed by atoms with Gasteiger partial charge in [-0.1, -0.05) is 12.2 Å². The standard InChI is InChI=1S/C14H26O5/c1-15-13(16-2)9-5-7-11-19-12-8-6-10-14(17-3)18-4/h5-6,9-10,13-14H,7-8,11-12H2,1-4H3. The Bertz CT molecular complexity index is 208. The van der Waals surface area contributed by atoms with Gasteiger partial charge < -0.3 is 23.7 Å². The van der Waals surface area contributed by atoms with E-state index < -0.39 is 0 Å². The molecule has 0 bridgehead atoms. The quantitative estimate of drug-likeness (QED) is 0.310. The third-order valence-electron chi connectivity index (χ3n) is 2.37. The predicted molar refractivity (Wildman–Crippen MR) is 73.9 cm³/mol. The van der Waals surface area contributed by atoms with E-state index in [2.05, 4.69) is 0 Å². The monoisotopic (exact) mass is 274 g/mol. The van der Waals surface area contributed by atoms with Crippen LogP contribution in [-0.2, 0) is 23.7 Å². The zero-order valence-corrected chi connectivity index (χ0v) is 12.3. The molecule has 0 rings (SSSR count). The summed E-state index contributed by atoms with van der Waals surface area (Å²) >= 11 is 0. The van der Waals surface area contributed by atoms with Gasteiger partial charge in [-0.15, -0.1) is 0 Å². The minimum absolute atomic E-state index is 0.275. The second-order valence-corrected chi connectivity index (χ2v) is 3.73. The molecular formula is C14H26O5. The molecule has 19 heavy (non-hydrogen) atoms. The van der Waals surface area contributed by atoms with Gasteiger partial charge in [-0.05, 0) is 25.0 Å². The van der Waals surface area contributed by atoms with Crippen LogP contribution in [0.1, 0.15) is 12.8 Å². The maximum atomic E-state index is 5.47. The molecule has 112 valence electrons. The first-order valence-electron chi connectivity index (χ1n) is 6.30. The van der Waals surface area contributed by atoms with Crippen molar-refractivity contribution in [2.24, 2.45) is 0 Å². The van der Waals surface area contributed by atoms with E-state index in [1.807, 2.05) is 24.3 Å². The van der Waals surface area contributed by atoms with Crippen LogP contribution < -0.4 is 0 Å². The average molecular weight is 274 g/mol. The molecule has 0 saturated heterocycles. The van der Waals surface area contributed by atoms with Gasteiger partial charge in [0.25, 0.3) is 0 Å². The minimum Gasteiger partial charge on any atom is -0.381 e. The Hall–Kier alpha value is -0.720. The Morgan fingerprint density at radius 2 is 1.05 bits per heavy atom. The van der Waals surface area contributed by atoms with Crippen molar-refractivity contribution in [3.05, 3.63) is 24.3 Å². The molecule has 0 radical (unpaired) electrons. The molecule has 0 spiro atoms. The molecule has 0 aliphatic carbocycles. The summed E-state index contributed by atoms with van der Waals surface area (Å²) in [6.45, 7) is 1.37. The smallest absolute Gasteiger partial charge is 0.176 e. The van der Waals surface area contributed by atoms with Crippen LogP contribution in [0.4, 0.5) is 0 Å². The highest BCUT2D eigenvalue weighted by atomic mass is 16.7. The third kappa shape index (κ3) is 10.9. The topological polar surface area (TPSA) is 46.2 Å². The van der Waals surface area contributed by atoms with Crippen molar-refractivity contribution < 1.29 is 23.7 Å². The van der Waals surface area contributed by atoms with Crippen LogP contribution in [0.15, 0.2) is 24.3 Å². The summed E-state index contributed by atoms with van der Waals surface area (Å²) in [6, 6.07) is 0. The summed E-state index contributed by atoms with van der Waals surface area (Å²) in [7, 11) is 6.42. The Morgan fingerprint density at radius 3 is 1.37 bits per heavy atom. The van der Waals surface area contributed by atoms with Crippen LogP contribution in [0.25, 0.3) is 0 Å². The van der Waals surface area contributed by atoms with Crippen molar-refractivity contribution in [2.45, 2.75) is 25.4 Å². The fraction of sp³-hybridized carbons (Fsp3) is 0.714. The van der Waals surface area contributed by atoms with Gasteiger partial charge in [0.15, 0.2) is 12.6 Å². The lowest BCUT2D eigenvalue weighted by Gasteiger charge is -2.07. The van der Waals surface area contributed by atoms with Crippen molar-refractivity contribution in [3.8, 4) is 0 Å². The van der Waals surface area contributed by atoms with E-state index in [1.165, 1.54) is 0 Å². The van der Waals surface area contributed by atoms with E-state index in [9.17, 15) is 0 Å². The summed E-state index contributed by atoms with van der Waals surface area (Å²) < 4.78 is 25.5. The highest BCUT2D eigenvalue weighted by Crippen LogP contribution is 1.97. The summed E-state index contributed by atoms with van der Waals surface area (Å²) in [4.78, 5) is 0. The van der Waals surface area contributed by atoms with Crippen LogP contribution in [0.5, 0.6) is 0 Å². The van der Waals surface area contributed by atoms with Gasteiger partial charge in [0, 0.05) is 28.4 Å². The van der Waals surface area contributed by atoms with Gasteiger partial charge in [0.05, 0.1) is 13.2 Å². The number of rotatable bonds is 12.